The lowest BCUT2D eigenvalue weighted by atomic mass is 10.1. The summed E-state index contributed by atoms with van der Waals surface area (Å²) in [7, 11) is 0. The normalized spacial score (nSPS) is 12.2. The van der Waals surface area contributed by atoms with Crippen LogP contribution in [-0.4, -0.2) is 14.8 Å². The fourth-order valence-electron chi connectivity index (χ4n) is 2.19. The standard InChI is InChI=1S/C17H18N4/c1-14(16-6-5-9-18-12-16)19-10-15-11-20-21(13-15)17-7-3-2-4-8-17/h2-9,11-14,19H,10H2,1H3/t14-/m0/s1. The maximum atomic E-state index is 4.40. The summed E-state index contributed by atoms with van der Waals surface area (Å²) in [6, 6.07) is 14.4. The third kappa shape index (κ3) is 3.35. The van der Waals surface area contributed by atoms with Crippen molar-refractivity contribution in [1.82, 2.24) is 20.1 Å². The van der Waals surface area contributed by atoms with Crippen molar-refractivity contribution in [3.8, 4) is 5.69 Å². The first kappa shape index (κ1) is 13.5. The Kier molecular flexibility index (Phi) is 4.07. The summed E-state index contributed by atoms with van der Waals surface area (Å²) in [6.45, 7) is 2.92. The number of hydrogen-bond donors (Lipinski definition) is 1. The Morgan fingerprint density at radius 3 is 2.71 bits per heavy atom. The van der Waals surface area contributed by atoms with E-state index in [0.717, 1.165) is 17.8 Å². The van der Waals surface area contributed by atoms with Crippen molar-refractivity contribution in [2.24, 2.45) is 0 Å². The number of rotatable bonds is 5. The van der Waals surface area contributed by atoms with Gasteiger partial charge in [-0.15, -0.1) is 0 Å². The van der Waals surface area contributed by atoms with Gasteiger partial charge in [0.25, 0.3) is 0 Å². The van der Waals surface area contributed by atoms with Crippen molar-refractivity contribution in [2.45, 2.75) is 19.5 Å². The quantitative estimate of drug-likeness (QED) is 0.779. The van der Waals surface area contributed by atoms with Gasteiger partial charge in [0.1, 0.15) is 0 Å². The van der Waals surface area contributed by atoms with Crippen LogP contribution in [0.1, 0.15) is 24.1 Å². The Hall–Kier alpha value is -2.46. The lowest BCUT2D eigenvalue weighted by molar-refractivity contribution is 0.573. The van der Waals surface area contributed by atoms with Gasteiger partial charge in [-0.1, -0.05) is 24.3 Å². The first-order valence-electron chi connectivity index (χ1n) is 7.05. The summed E-state index contributed by atoms with van der Waals surface area (Å²) >= 11 is 0. The molecule has 3 aromatic rings. The summed E-state index contributed by atoms with van der Waals surface area (Å²) in [6.07, 6.45) is 7.64. The minimum atomic E-state index is 0.263. The molecule has 0 bridgehead atoms. The van der Waals surface area contributed by atoms with Gasteiger partial charge >= 0.3 is 0 Å². The molecule has 4 nitrogen and oxygen atoms in total. The predicted octanol–water partition coefficient (Wildman–Crippen LogP) is 3.12. The van der Waals surface area contributed by atoms with Gasteiger partial charge in [0, 0.05) is 36.7 Å². The van der Waals surface area contributed by atoms with E-state index in [0.29, 0.717) is 0 Å². The molecule has 106 valence electrons. The van der Waals surface area contributed by atoms with Crippen LogP contribution in [0.3, 0.4) is 0 Å². The number of para-hydroxylation sites is 1. The van der Waals surface area contributed by atoms with Crippen LogP contribution in [0, 0.1) is 0 Å². The van der Waals surface area contributed by atoms with Crippen LogP contribution in [-0.2, 0) is 6.54 Å². The highest BCUT2D eigenvalue weighted by atomic mass is 15.3. The molecule has 0 radical (unpaired) electrons. The molecule has 0 fully saturated rings. The van der Waals surface area contributed by atoms with Gasteiger partial charge < -0.3 is 5.32 Å². The third-order valence-electron chi connectivity index (χ3n) is 3.45. The van der Waals surface area contributed by atoms with Crippen LogP contribution < -0.4 is 5.32 Å². The third-order valence-corrected chi connectivity index (χ3v) is 3.45. The highest BCUT2D eigenvalue weighted by Crippen LogP contribution is 2.12. The molecule has 0 saturated carbocycles. The first-order valence-corrected chi connectivity index (χ1v) is 7.05. The molecular weight excluding hydrogens is 260 g/mol. The number of nitrogens with one attached hydrogen (secondary N) is 1. The molecule has 2 heterocycles. The van der Waals surface area contributed by atoms with Gasteiger partial charge in [-0.3, -0.25) is 4.98 Å². The van der Waals surface area contributed by atoms with Crippen molar-refractivity contribution in [3.05, 3.63) is 78.4 Å². The summed E-state index contributed by atoms with van der Waals surface area (Å²) in [5, 5.41) is 7.89. The van der Waals surface area contributed by atoms with Crippen molar-refractivity contribution in [1.29, 1.82) is 0 Å². The van der Waals surface area contributed by atoms with E-state index in [1.807, 2.05) is 53.5 Å². The number of aromatic nitrogens is 3. The van der Waals surface area contributed by atoms with Gasteiger partial charge in [0.2, 0.25) is 0 Å². The van der Waals surface area contributed by atoms with E-state index in [4.69, 9.17) is 0 Å². The van der Waals surface area contributed by atoms with E-state index in [2.05, 4.69) is 34.6 Å². The van der Waals surface area contributed by atoms with Gasteiger partial charge in [-0.25, -0.2) is 4.68 Å². The maximum Gasteiger partial charge on any atom is 0.0645 e. The van der Waals surface area contributed by atoms with Crippen LogP contribution in [0.25, 0.3) is 5.69 Å². The number of benzene rings is 1. The Morgan fingerprint density at radius 2 is 1.95 bits per heavy atom. The van der Waals surface area contributed by atoms with Gasteiger partial charge in [0.05, 0.1) is 11.9 Å². The van der Waals surface area contributed by atoms with Crippen LogP contribution in [0.15, 0.2) is 67.3 Å². The molecule has 2 aromatic heterocycles. The average Bonchev–Trinajstić information content (AvgIpc) is 3.03. The number of hydrogen-bond acceptors (Lipinski definition) is 3. The summed E-state index contributed by atoms with van der Waals surface area (Å²) in [5.41, 5.74) is 3.42. The number of nitrogens with zero attached hydrogens (tertiary/aromatic N) is 3. The minimum Gasteiger partial charge on any atom is -0.306 e. The molecule has 21 heavy (non-hydrogen) atoms. The second-order valence-electron chi connectivity index (χ2n) is 5.02. The van der Waals surface area contributed by atoms with Crippen LogP contribution in [0.5, 0.6) is 0 Å². The molecule has 0 aliphatic heterocycles. The molecule has 0 spiro atoms. The van der Waals surface area contributed by atoms with Crippen LogP contribution in [0.2, 0.25) is 0 Å². The molecule has 0 amide bonds. The van der Waals surface area contributed by atoms with E-state index < -0.39 is 0 Å². The van der Waals surface area contributed by atoms with Gasteiger partial charge in [0.15, 0.2) is 0 Å². The maximum absolute atomic E-state index is 4.40. The van der Waals surface area contributed by atoms with Crippen molar-refractivity contribution in [3.63, 3.8) is 0 Å². The smallest absolute Gasteiger partial charge is 0.0645 e. The van der Waals surface area contributed by atoms with Crippen molar-refractivity contribution >= 4 is 0 Å². The zero-order chi connectivity index (χ0) is 14.5. The molecule has 0 unspecified atom stereocenters. The van der Waals surface area contributed by atoms with Crippen molar-refractivity contribution in [2.75, 3.05) is 0 Å². The zero-order valence-corrected chi connectivity index (χ0v) is 12.0. The lowest BCUT2D eigenvalue weighted by Crippen LogP contribution is -2.17. The first-order chi connectivity index (χ1) is 10.3. The molecular formula is C17H18N4. The molecule has 0 saturated heterocycles. The minimum absolute atomic E-state index is 0.263. The highest BCUT2D eigenvalue weighted by Gasteiger charge is 2.06. The van der Waals surface area contributed by atoms with E-state index in [1.54, 1.807) is 6.20 Å². The Bertz CT molecular complexity index is 676. The fourth-order valence-corrected chi connectivity index (χ4v) is 2.19. The fraction of sp³-hybridized carbons (Fsp3) is 0.176. The summed E-state index contributed by atoms with van der Waals surface area (Å²) < 4.78 is 1.89. The van der Waals surface area contributed by atoms with E-state index in [9.17, 15) is 0 Å². The predicted molar refractivity (Wildman–Crippen MR) is 83.1 cm³/mol. The van der Waals surface area contributed by atoms with E-state index in [1.165, 1.54) is 5.56 Å². The molecule has 4 heteroatoms. The topological polar surface area (TPSA) is 42.7 Å². The molecule has 1 N–H and O–H groups in total. The molecule has 1 atom stereocenters. The molecule has 0 aliphatic rings. The van der Waals surface area contributed by atoms with Crippen molar-refractivity contribution < 1.29 is 0 Å². The van der Waals surface area contributed by atoms with Gasteiger partial charge in [-0.05, 0) is 30.7 Å². The Labute approximate surface area is 124 Å². The van der Waals surface area contributed by atoms with Crippen LogP contribution in [0.4, 0.5) is 0 Å². The van der Waals surface area contributed by atoms with Crippen LogP contribution >= 0.6 is 0 Å². The second-order valence-corrected chi connectivity index (χ2v) is 5.02. The lowest BCUT2D eigenvalue weighted by Gasteiger charge is -2.12. The largest absolute Gasteiger partial charge is 0.306 e. The Morgan fingerprint density at radius 1 is 1.10 bits per heavy atom. The van der Waals surface area contributed by atoms with Gasteiger partial charge in [-0.2, -0.15) is 5.10 Å². The molecule has 3 rings (SSSR count). The van der Waals surface area contributed by atoms with E-state index in [-0.39, 0.29) is 6.04 Å². The number of pyridine rings is 1. The highest BCUT2D eigenvalue weighted by molar-refractivity contribution is 5.30. The Balaban J connectivity index is 1.63. The zero-order valence-electron chi connectivity index (χ0n) is 12.0. The van der Waals surface area contributed by atoms with E-state index >= 15 is 0 Å². The summed E-state index contributed by atoms with van der Waals surface area (Å²) in [5.74, 6) is 0. The summed E-state index contributed by atoms with van der Waals surface area (Å²) in [4.78, 5) is 4.15. The molecule has 0 aliphatic carbocycles. The molecule has 1 aromatic carbocycles. The average molecular weight is 278 g/mol. The second kappa shape index (κ2) is 6.33. The SMILES string of the molecule is C[C@H](NCc1cnn(-c2ccccc2)c1)c1cccnc1. The monoisotopic (exact) mass is 278 g/mol.